The first kappa shape index (κ1) is 16.4. The molecule has 5 heteroatoms. The smallest absolute Gasteiger partial charge is 0.271 e. The zero-order valence-electron chi connectivity index (χ0n) is 14.5. The largest absolute Gasteiger partial charge is 0.299 e. The van der Waals surface area contributed by atoms with Gasteiger partial charge in [0.05, 0.1) is 23.7 Å². The maximum absolute atomic E-state index is 12.8. The number of hydrogen-bond acceptors (Lipinski definition) is 3. The van der Waals surface area contributed by atoms with E-state index in [2.05, 4.69) is 16.1 Å². The molecule has 2 aromatic carbocycles. The molecule has 0 aliphatic carbocycles. The fourth-order valence-electron chi connectivity index (χ4n) is 3.53. The van der Waals surface area contributed by atoms with E-state index in [9.17, 15) is 4.79 Å². The van der Waals surface area contributed by atoms with Gasteiger partial charge in [-0.3, -0.25) is 14.8 Å². The Morgan fingerprint density at radius 2 is 1.85 bits per heavy atom. The molecule has 130 valence electrons. The van der Waals surface area contributed by atoms with Crippen LogP contribution in [0.5, 0.6) is 0 Å². The molecule has 1 aliphatic heterocycles. The van der Waals surface area contributed by atoms with Gasteiger partial charge in [-0.1, -0.05) is 42.5 Å². The quantitative estimate of drug-likeness (QED) is 0.791. The van der Waals surface area contributed by atoms with Crippen molar-refractivity contribution in [2.75, 3.05) is 6.54 Å². The van der Waals surface area contributed by atoms with E-state index < -0.39 is 0 Å². The minimum Gasteiger partial charge on any atom is -0.299 e. The lowest BCUT2D eigenvalue weighted by Crippen LogP contribution is -2.32. The van der Waals surface area contributed by atoms with Gasteiger partial charge in [0.1, 0.15) is 0 Å². The summed E-state index contributed by atoms with van der Waals surface area (Å²) < 4.78 is 1.71. The van der Waals surface area contributed by atoms with Crippen LogP contribution in [-0.4, -0.2) is 21.2 Å². The van der Waals surface area contributed by atoms with Crippen LogP contribution in [0.2, 0.25) is 0 Å². The normalized spacial score (nSPS) is 14.0. The third-order valence-electron chi connectivity index (χ3n) is 4.84. The summed E-state index contributed by atoms with van der Waals surface area (Å²) in [5.74, 6) is 0. The first-order valence-corrected chi connectivity index (χ1v) is 8.79. The number of aromatic nitrogens is 2. The first-order chi connectivity index (χ1) is 12.7. The summed E-state index contributed by atoms with van der Waals surface area (Å²) in [5.41, 5.74) is 4.87. The third kappa shape index (κ3) is 3.32. The molecule has 0 atom stereocenters. The lowest BCUT2D eigenvalue weighted by atomic mass is 10.1. The SMILES string of the molecule is N#Cc1cccc(CN2CCc3[nH]n(Cc4ccccc4)c(=O)c3C2)c1. The third-order valence-corrected chi connectivity index (χ3v) is 4.84. The molecule has 2 heterocycles. The molecule has 1 aromatic heterocycles. The van der Waals surface area contributed by atoms with Crippen molar-refractivity contribution >= 4 is 0 Å². The van der Waals surface area contributed by atoms with Crippen molar-refractivity contribution in [2.45, 2.75) is 26.1 Å². The van der Waals surface area contributed by atoms with Crippen molar-refractivity contribution in [1.82, 2.24) is 14.7 Å². The molecular weight excluding hydrogens is 324 g/mol. The zero-order chi connectivity index (χ0) is 17.9. The minimum atomic E-state index is 0.0688. The molecule has 0 fully saturated rings. The molecule has 1 aliphatic rings. The molecule has 0 saturated heterocycles. The van der Waals surface area contributed by atoms with Crippen LogP contribution in [0.15, 0.2) is 59.4 Å². The second kappa shape index (κ2) is 7.03. The fraction of sp³-hybridized carbons (Fsp3) is 0.238. The van der Waals surface area contributed by atoms with Crippen LogP contribution in [0.1, 0.15) is 27.9 Å². The number of benzene rings is 2. The number of rotatable bonds is 4. The van der Waals surface area contributed by atoms with Crippen molar-refractivity contribution in [3.8, 4) is 6.07 Å². The molecule has 0 radical (unpaired) electrons. The number of nitriles is 1. The summed E-state index contributed by atoms with van der Waals surface area (Å²) in [7, 11) is 0. The molecule has 0 amide bonds. The van der Waals surface area contributed by atoms with E-state index in [1.54, 1.807) is 4.68 Å². The summed E-state index contributed by atoms with van der Waals surface area (Å²) in [5, 5.41) is 12.3. The van der Waals surface area contributed by atoms with E-state index in [1.165, 1.54) is 0 Å². The highest BCUT2D eigenvalue weighted by molar-refractivity contribution is 5.33. The standard InChI is InChI=1S/C21H20N4O/c22-12-17-7-4-8-18(11-17)13-24-10-9-20-19(15-24)21(26)25(23-20)14-16-5-2-1-3-6-16/h1-8,11,23H,9-10,13-15H2. The number of nitrogens with one attached hydrogen (secondary N) is 1. The highest BCUT2D eigenvalue weighted by Crippen LogP contribution is 2.17. The second-order valence-corrected chi connectivity index (χ2v) is 6.72. The lowest BCUT2D eigenvalue weighted by molar-refractivity contribution is 0.244. The van der Waals surface area contributed by atoms with Crippen LogP contribution in [0.25, 0.3) is 0 Å². The average Bonchev–Trinajstić information content (AvgIpc) is 2.98. The Bertz CT molecular complexity index is 1010. The number of H-pyrrole nitrogens is 1. The molecule has 0 spiro atoms. The number of nitrogens with zero attached hydrogens (tertiary/aromatic N) is 3. The van der Waals surface area contributed by atoms with E-state index in [4.69, 9.17) is 5.26 Å². The highest BCUT2D eigenvalue weighted by atomic mass is 16.1. The van der Waals surface area contributed by atoms with Crippen LogP contribution in [0, 0.1) is 11.3 Å². The highest BCUT2D eigenvalue weighted by Gasteiger charge is 2.22. The lowest BCUT2D eigenvalue weighted by Gasteiger charge is -2.25. The number of hydrogen-bond donors (Lipinski definition) is 1. The fourth-order valence-corrected chi connectivity index (χ4v) is 3.53. The van der Waals surface area contributed by atoms with E-state index in [-0.39, 0.29) is 5.56 Å². The van der Waals surface area contributed by atoms with Gasteiger partial charge >= 0.3 is 0 Å². The molecule has 0 bridgehead atoms. The topological polar surface area (TPSA) is 64.8 Å². The molecular formula is C21H20N4O. The summed E-state index contributed by atoms with van der Waals surface area (Å²) in [6.45, 7) is 2.85. The molecule has 3 aromatic rings. The minimum absolute atomic E-state index is 0.0688. The predicted molar refractivity (Wildman–Crippen MR) is 99.6 cm³/mol. The maximum Gasteiger partial charge on any atom is 0.271 e. The Kier molecular flexibility index (Phi) is 4.42. The Morgan fingerprint density at radius 3 is 2.65 bits per heavy atom. The van der Waals surface area contributed by atoms with Gasteiger partial charge in [-0.15, -0.1) is 0 Å². The van der Waals surface area contributed by atoms with Gasteiger partial charge < -0.3 is 0 Å². The number of fused-ring (bicyclic) bond motifs is 1. The Hall–Kier alpha value is -3.10. The summed E-state index contributed by atoms with van der Waals surface area (Å²) in [6.07, 6.45) is 0.838. The predicted octanol–water partition coefficient (Wildman–Crippen LogP) is 2.65. The van der Waals surface area contributed by atoms with Crippen LogP contribution >= 0.6 is 0 Å². The van der Waals surface area contributed by atoms with Crippen LogP contribution in [0.4, 0.5) is 0 Å². The van der Waals surface area contributed by atoms with Gasteiger partial charge in [0.15, 0.2) is 0 Å². The van der Waals surface area contributed by atoms with E-state index in [1.807, 2.05) is 54.6 Å². The summed E-state index contributed by atoms with van der Waals surface area (Å²) in [4.78, 5) is 15.0. The van der Waals surface area contributed by atoms with Crippen molar-refractivity contribution in [1.29, 1.82) is 5.26 Å². The van der Waals surface area contributed by atoms with E-state index in [0.717, 1.165) is 41.9 Å². The summed E-state index contributed by atoms with van der Waals surface area (Å²) >= 11 is 0. The van der Waals surface area contributed by atoms with E-state index >= 15 is 0 Å². The Morgan fingerprint density at radius 1 is 1.04 bits per heavy atom. The first-order valence-electron chi connectivity index (χ1n) is 8.79. The van der Waals surface area contributed by atoms with Crippen molar-refractivity contribution in [3.05, 3.63) is 92.9 Å². The van der Waals surface area contributed by atoms with Crippen molar-refractivity contribution in [2.24, 2.45) is 0 Å². The Labute approximate surface area is 152 Å². The zero-order valence-corrected chi connectivity index (χ0v) is 14.5. The van der Waals surface area contributed by atoms with Crippen LogP contribution in [-0.2, 0) is 26.1 Å². The average molecular weight is 344 g/mol. The molecule has 4 rings (SSSR count). The maximum atomic E-state index is 12.8. The molecule has 0 saturated carbocycles. The summed E-state index contributed by atoms with van der Waals surface area (Å²) in [6, 6.07) is 19.9. The van der Waals surface area contributed by atoms with Crippen LogP contribution in [0.3, 0.4) is 0 Å². The molecule has 5 nitrogen and oxygen atoms in total. The van der Waals surface area contributed by atoms with Crippen molar-refractivity contribution < 1.29 is 0 Å². The van der Waals surface area contributed by atoms with Gasteiger partial charge in [0.2, 0.25) is 0 Å². The van der Waals surface area contributed by atoms with Gasteiger partial charge in [-0.05, 0) is 23.3 Å². The van der Waals surface area contributed by atoms with Gasteiger partial charge in [0.25, 0.3) is 5.56 Å². The molecule has 1 N–H and O–H groups in total. The van der Waals surface area contributed by atoms with Gasteiger partial charge in [-0.2, -0.15) is 5.26 Å². The molecule has 0 unspecified atom stereocenters. The monoisotopic (exact) mass is 344 g/mol. The van der Waals surface area contributed by atoms with E-state index in [0.29, 0.717) is 18.7 Å². The van der Waals surface area contributed by atoms with Gasteiger partial charge in [-0.25, -0.2) is 4.68 Å². The van der Waals surface area contributed by atoms with Crippen LogP contribution < -0.4 is 5.56 Å². The second-order valence-electron chi connectivity index (χ2n) is 6.72. The Balaban J connectivity index is 1.52. The van der Waals surface area contributed by atoms with Gasteiger partial charge in [0, 0.05) is 31.7 Å². The number of aromatic amines is 1. The molecule has 26 heavy (non-hydrogen) atoms. The van der Waals surface area contributed by atoms with Crippen molar-refractivity contribution in [3.63, 3.8) is 0 Å².